The van der Waals surface area contributed by atoms with E-state index in [9.17, 15) is 0 Å². The monoisotopic (exact) mass is 332 g/mol. The lowest BCUT2D eigenvalue weighted by Crippen LogP contribution is -2.23. The summed E-state index contributed by atoms with van der Waals surface area (Å²) in [7, 11) is 0. The average molecular weight is 333 g/mol. The maximum atomic E-state index is 8.81. The molecule has 5 heteroatoms. The van der Waals surface area contributed by atoms with Crippen molar-refractivity contribution < 1.29 is 9.47 Å². The number of nitrogens with one attached hydrogen (secondary N) is 1. The van der Waals surface area contributed by atoms with Crippen molar-refractivity contribution in [3.05, 3.63) is 60.2 Å². The predicted molar refractivity (Wildman–Crippen MR) is 93.3 cm³/mol. The van der Waals surface area contributed by atoms with Crippen molar-refractivity contribution in [3.8, 4) is 17.6 Å². The fraction of sp³-hybridized carbons (Fsp3) is 0.278. The molecule has 23 heavy (non-hydrogen) atoms. The molecule has 2 rings (SSSR count). The summed E-state index contributed by atoms with van der Waals surface area (Å²) in [5.41, 5.74) is 0.614. The van der Waals surface area contributed by atoms with E-state index in [0.717, 1.165) is 31.0 Å². The second-order valence-electron chi connectivity index (χ2n) is 4.75. The van der Waals surface area contributed by atoms with E-state index in [1.807, 2.05) is 42.5 Å². The Bertz CT molecular complexity index is 599. The minimum Gasteiger partial charge on any atom is -0.494 e. The molecule has 0 aliphatic heterocycles. The maximum absolute atomic E-state index is 8.81. The van der Waals surface area contributed by atoms with Gasteiger partial charge in [0, 0.05) is 6.54 Å². The van der Waals surface area contributed by atoms with Crippen molar-refractivity contribution in [2.45, 2.75) is 6.42 Å². The van der Waals surface area contributed by atoms with Crippen LogP contribution in [0.15, 0.2) is 54.6 Å². The lowest BCUT2D eigenvalue weighted by Gasteiger charge is -2.08. The molecule has 0 radical (unpaired) electrons. The molecule has 1 N–H and O–H groups in total. The fourth-order valence-corrected chi connectivity index (χ4v) is 1.93. The molecule has 0 unspecified atom stereocenters. The van der Waals surface area contributed by atoms with Gasteiger partial charge >= 0.3 is 0 Å². The molecule has 2 aromatic carbocycles. The SMILES string of the molecule is Cl.N#Cc1cccc(OCCNCCCOc2ccccc2)c1. The van der Waals surface area contributed by atoms with E-state index in [1.54, 1.807) is 12.1 Å². The number of hydrogen-bond donors (Lipinski definition) is 1. The Labute approximate surface area is 143 Å². The van der Waals surface area contributed by atoms with Gasteiger partial charge in [0.15, 0.2) is 0 Å². The van der Waals surface area contributed by atoms with Crippen molar-refractivity contribution in [3.63, 3.8) is 0 Å². The molecule has 0 atom stereocenters. The number of halogens is 1. The minimum atomic E-state index is 0. The first kappa shape index (κ1) is 18.8. The second kappa shape index (κ2) is 11.4. The molecule has 0 bridgehead atoms. The number of para-hydroxylation sites is 1. The topological polar surface area (TPSA) is 54.3 Å². The van der Waals surface area contributed by atoms with E-state index in [2.05, 4.69) is 11.4 Å². The van der Waals surface area contributed by atoms with E-state index in [0.29, 0.717) is 18.8 Å². The standard InChI is InChI=1S/C18H20N2O2.ClH/c19-15-16-6-4-9-18(14-16)22-13-11-20-10-5-12-21-17-7-2-1-3-8-17;/h1-4,6-9,14,20H,5,10-13H2;1H. The highest BCUT2D eigenvalue weighted by Crippen LogP contribution is 2.12. The first-order chi connectivity index (χ1) is 10.9. The Balaban J connectivity index is 0.00000264. The highest BCUT2D eigenvalue weighted by Gasteiger charge is 1.96. The Kier molecular flexibility index (Phi) is 9.30. The van der Waals surface area contributed by atoms with Gasteiger partial charge in [0.2, 0.25) is 0 Å². The third kappa shape index (κ3) is 7.55. The summed E-state index contributed by atoms with van der Waals surface area (Å²) < 4.78 is 11.2. The molecule has 0 aliphatic carbocycles. The lowest BCUT2D eigenvalue weighted by molar-refractivity contribution is 0.294. The third-order valence-corrected chi connectivity index (χ3v) is 3.02. The molecule has 0 heterocycles. The normalized spacial score (nSPS) is 9.52. The van der Waals surface area contributed by atoms with E-state index in [4.69, 9.17) is 14.7 Å². The molecule has 0 saturated carbocycles. The molecule has 0 fully saturated rings. The molecule has 0 aromatic heterocycles. The van der Waals surface area contributed by atoms with Crippen LogP contribution >= 0.6 is 12.4 Å². The van der Waals surface area contributed by atoms with Gasteiger partial charge in [0.25, 0.3) is 0 Å². The minimum absolute atomic E-state index is 0. The number of benzene rings is 2. The molecule has 0 saturated heterocycles. The van der Waals surface area contributed by atoms with Crippen LogP contribution < -0.4 is 14.8 Å². The van der Waals surface area contributed by atoms with Crippen LogP contribution in [-0.2, 0) is 0 Å². The summed E-state index contributed by atoms with van der Waals surface area (Å²) >= 11 is 0. The summed E-state index contributed by atoms with van der Waals surface area (Å²) in [6, 6.07) is 19.1. The zero-order valence-electron chi connectivity index (χ0n) is 12.9. The Hall–Kier alpha value is -2.22. The quantitative estimate of drug-likeness (QED) is 0.715. The van der Waals surface area contributed by atoms with E-state index in [-0.39, 0.29) is 12.4 Å². The van der Waals surface area contributed by atoms with E-state index in [1.165, 1.54) is 0 Å². The molecule has 2 aromatic rings. The van der Waals surface area contributed by atoms with Gasteiger partial charge in [-0.1, -0.05) is 24.3 Å². The van der Waals surface area contributed by atoms with Crippen LogP contribution in [-0.4, -0.2) is 26.3 Å². The van der Waals surface area contributed by atoms with Crippen LogP contribution in [0.25, 0.3) is 0 Å². The van der Waals surface area contributed by atoms with E-state index < -0.39 is 0 Å². The summed E-state index contributed by atoms with van der Waals surface area (Å²) in [6.07, 6.45) is 0.943. The smallest absolute Gasteiger partial charge is 0.120 e. The van der Waals surface area contributed by atoms with Gasteiger partial charge < -0.3 is 14.8 Å². The number of hydrogen-bond acceptors (Lipinski definition) is 4. The van der Waals surface area contributed by atoms with Crippen LogP contribution in [0.4, 0.5) is 0 Å². The Morgan fingerprint density at radius 2 is 1.61 bits per heavy atom. The Morgan fingerprint density at radius 3 is 2.39 bits per heavy atom. The highest BCUT2D eigenvalue weighted by molar-refractivity contribution is 5.85. The highest BCUT2D eigenvalue weighted by atomic mass is 35.5. The summed E-state index contributed by atoms with van der Waals surface area (Å²) in [5, 5.41) is 12.1. The maximum Gasteiger partial charge on any atom is 0.120 e. The predicted octanol–water partition coefficient (Wildman–Crippen LogP) is 3.42. The van der Waals surface area contributed by atoms with Gasteiger partial charge in [0.05, 0.1) is 18.2 Å². The largest absolute Gasteiger partial charge is 0.494 e. The number of nitrogens with zero attached hydrogens (tertiary/aromatic N) is 1. The molecule has 0 spiro atoms. The van der Waals surface area contributed by atoms with Crippen LogP contribution in [0.5, 0.6) is 11.5 Å². The number of ether oxygens (including phenoxy) is 2. The first-order valence-electron chi connectivity index (χ1n) is 7.40. The van der Waals surface area contributed by atoms with Crippen LogP contribution in [0.2, 0.25) is 0 Å². The van der Waals surface area contributed by atoms with Gasteiger partial charge in [0.1, 0.15) is 18.1 Å². The summed E-state index contributed by atoms with van der Waals surface area (Å²) in [4.78, 5) is 0. The van der Waals surface area contributed by atoms with Crippen molar-refractivity contribution >= 4 is 12.4 Å². The van der Waals surface area contributed by atoms with Crippen molar-refractivity contribution in [1.82, 2.24) is 5.32 Å². The van der Waals surface area contributed by atoms with Gasteiger partial charge in [-0.15, -0.1) is 12.4 Å². The second-order valence-corrected chi connectivity index (χ2v) is 4.75. The molecule has 0 amide bonds. The molecule has 122 valence electrons. The average Bonchev–Trinajstić information content (AvgIpc) is 2.58. The summed E-state index contributed by atoms with van der Waals surface area (Å²) in [6.45, 7) is 2.92. The van der Waals surface area contributed by atoms with Crippen LogP contribution in [0.3, 0.4) is 0 Å². The van der Waals surface area contributed by atoms with E-state index >= 15 is 0 Å². The Morgan fingerprint density at radius 1 is 0.870 bits per heavy atom. The number of rotatable bonds is 9. The van der Waals surface area contributed by atoms with Gasteiger partial charge in [-0.05, 0) is 43.3 Å². The summed E-state index contributed by atoms with van der Waals surface area (Å²) in [5.74, 6) is 1.64. The van der Waals surface area contributed by atoms with Gasteiger partial charge in [-0.25, -0.2) is 0 Å². The van der Waals surface area contributed by atoms with Crippen molar-refractivity contribution in [2.75, 3.05) is 26.3 Å². The van der Waals surface area contributed by atoms with Gasteiger partial charge in [-0.3, -0.25) is 0 Å². The zero-order valence-corrected chi connectivity index (χ0v) is 13.7. The lowest BCUT2D eigenvalue weighted by atomic mass is 10.2. The molecular formula is C18H21ClN2O2. The molecule has 4 nitrogen and oxygen atoms in total. The van der Waals surface area contributed by atoms with Gasteiger partial charge in [-0.2, -0.15) is 5.26 Å². The third-order valence-electron chi connectivity index (χ3n) is 3.02. The molecular weight excluding hydrogens is 312 g/mol. The van der Waals surface area contributed by atoms with Crippen molar-refractivity contribution in [2.24, 2.45) is 0 Å². The first-order valence-corrected chi connectivity index (χ1v) is 7.40. The zero-order chi connectivity index (χ0) is 15.5. The van der Waals surface area contributed by atoms with Crippen LogP contribution in [0.1, 0.15) is 12.0 Å². The fourth-order valence-electron chi connectivity index (χ4n) is 1.93. The van der Waals surface area contributed by atoms with Crippen molar-refractivity contribution in [1.29, 1.82) is 5.26 Å². The van der Waals surface area contributed by atoms with Crippen LogP contribution in [0, 0.1) is 11.3 Å². The molecule has 0 aliphatic rings. The number of nitriles is 1.